The third-order valence-corrected chi connectivity index (χ3v) is 4.57. The predicted molar refractivity (Wildman–Crippen MR) is 102 cm³/mol. The zero-order chi connectivity index (χ0) is 19.4. The van der Waals surface area contributed by atoms with Gasteiger partial charge in [-0.2, -0.15) is 0 Å². The molecule has 0 bridgehead atoms. The van der Waals surface area contributed by atoms with Crippen molar-refractivity contribution in [3.63, 3.8) is 0 Å². The zero-order valence-electron chi connectivity index (χ0n) is 14.9. The average Bonchev–Trinajstić information content (AvgIpc) is 3.15. The Morgan fingerprint density at radius 1 is 1.22 bits per heavy atom. The van der Waals surface area contributed by atoms with E-state index in [0.717, 1.165) is 16.7 Å². The molecule has 27 heavy (non-hydrogen) atoms. The summed E-state index contributed by atoms with van der Waals surface area (Å²) < 4.78 is 10.7. The minimum Gasteiger partial charge on any atom is -0.494 e. The molecular formula is C19H18N2O5S. The molecule has 140 valence electrons. The number of anilines is 1. The highest BCUT2D eigenvalue weighted by Gasteiger charge is 2.36. The van der Waals surface area contributed by atoms with Crippen LogP contribution in [0.1, 0.15) is 18.4 Å². The number of furan rings is 1. The molecule has 1 N–H and O–H groups in total. The summed E-state index contributed by atoms with van der Waals surface area (Å²) in [6, 6.07) is 10.3. The van der Waals surface area contributed by atoms with E-state index in [1.165, 1.54) is 6.08 Å². The number of amides is 3. The summed E-state index contributed by atoms with van der Waals surface area (Å²) in [5.74, 6) is 0.907. The molecule has 0 saturated carbocycles. The topological polar surface area (TPSA) is 88.8 Å². The van der Waals surface area contributed by atoms with E-state index in [1.807, 2.05) is 6.92 Å². The molecule has 1 aliphatic heterocycles. The molecule has 7 nitrogen and oxygen atoms in total. The van der Waals surface area contributed by atoms with Gasteiger partial charge < -0.3 is 14.5 Å². The number of hydrogen-bond donors (Lipinski definition) is 1. The van der Waals surface area contributed by atoms with Crippen LogP contribution in [0.3, 0.4) is 0 Å². The van der Waals surface area contributed by atoms with Crippen molar-refractivity contribution >= 4 is 40.6 Å². The number of carbonyl (C=O) groups is 3. The fourth-order valence-corrected chi connectivity index (χ4v) is 3.26. The van der Waals surface area contributed by atoms with E-state index in [0.29, 0.717) is 29.6 Å². The molecule has 0 unspecified atom stereocenters. The van der Waals surface area contributed by atoms with E-state index < -0.39 is 17.1 Å². The monoisotopic (exact) mass is 386 g/mol. The van der Waals surface area contributed by atoms with Crippen LogP contribution in [0.5, 0.6) is 5.75 Å². The highest BCUT2D eigenvalue weighted by molar-refractivity contribution is 8.18. The van der Waals surface area contributed by atoms with Crippen molar-refractivity contribution in [2.75, 3.05) is 18.5 Å². The molecule has 1 fully saturated rings. The average molecular weight is 386 g/mol. The lowest BCUT2D eigenvalue weighted by Gasteiger charge is -2.12. The third kappa shape index (κ3) is 4.59. The second-order valence-corrected chi connectivity index (χ2v) is 6.72. The van der Waals surface area contributed by atoms with Gasteiger partial charge >= 0.3 is 0 Å². The molecule has 0 spiro atoms. The van der Waals surface area contributed by atoms with E-state index in [1.54, 1.807) is 43.3 Å². The number of nitrogens with zero attached hydrogens (tertiary/aromatic N) is 1. The van der Waals surface area contributed by atoms with Crippen molar-refractivity contribution in [3.05, 3.63) is 52.8 Å². The Kier molecular flexibility index (Phi) is 5.66. The van der Waals surface area contributed by atoms with Gasteiger partial charge in [0.15, 0.2) is 0 Å². The number of aryl methyl sites for hydroxylation is 1. The van der Waals surface area contributed by atoms with Crippen molar-refractivity contribution in [2.45, 2.75) is 13.8 Å². The van der Waals surface area contributed by atoms with Gasteiger partial charge in [-0.05, 0) is 62.0 Å². The first-order valence-electron chi connectivity index (χ1n) is 8.31. The van der Waals surface area contributed by atoms with Crippen molar-refractivity contribution in [1.29, 1.82) is 0 Å². The Hall–Kier alpha value is -3.00. The number of carbonyl (C=O) groups excluding carboxylic acids is 3. The number of thioether (sulfide) groups is 1. The van der Waals surface area contributed by atoms with Gasteiger partial charge in [0.2, 0.25) is 5.91 Å². The first-order chi connectivity index (χ1) is 13.0. The number of rotatable bonds is 6. The lowest BCUT2D eigenvalue weighted by molar-refractivity contribution is -0.127. The molecule has 2 heterocycles. The molecule has 3 rings (SSSR count). The second-order valence-electron chi connectivity index (χ2n) is 5.72. The zero-order valence-corrected chi connectivity index (χ0v) is 15.7. The minimum absolute atomic E-state index is 0.225. The minimum atomic E-state index is -0.513. The fourth-order valence-electron chi connectivity index (χ4n) is 2.44. The normalized spacial score (nSPS) is 15.5. The summed E-state index contributed by atoms with van der Waals surface area (Å²) in [5.41, 5.74) is 0.553. The van der Waals surface area contributed by atoms with Crippen molar-refractivity contribution in [2.24, 2.45) is 0 Å². The van der Waals surface area contributed by atoms with E-state index in [4.69, 9.17) is 9.15 Å². The summed E-state index contributed by atoms with van der Waals surface area (Å²) >= 11 is 0.784. The number of nitrogens with one attached hydrogen (secondary N) is 1. The Bertz CT molecular complexity index is 901. The highest BCUT2D eigenvalue weighted by atomic mass is 32.2. The Balaban J connectivity index is 1.62. The highest BCUT2D eigenvalue weighted by Crippen LogP contribution is 2.32. The van der Waals surface area contributed by atoms with E-state index in [2.05, 4.69) is 5.32 Å². The maximum absolute atomic E-state index is 12.4. The van der Waals surface area contributed by atoms with Gasteiger partial charge in [0.25, 0.3) is 11.1 Å². The SMILES string of the molecule is CCOc1ccc(NC(=O)CN2C(=O)S/C(=C/c3ccc(C)o3)C2=O)cc1. The van der Waals surface area contributed by atoms with Gasteiger partial charge in [0.05, 0.1) is 11.5 Å². The molecular weight excluding hydrogens is 368 g/mol. The van der Waals surface area contributed by atoms with Crippen LogP contribution in [0.25, 0.3) is 6.08 Å². The van der Waals surface area contributed by atoms with Crippen LogP contribution in [0.4, 0.5) is 10.5 Å². The molecule has 3 amide bonds. The van der Waals surface area contributed by atoms with Gasteiger partial charge in [-0.25, -0.2) is 0 Å². The Labute approximate surface area is 160 Å². The van der Waals surface area contributed by atoms with Crippen LogP contribution in [0.2, 0.25) is 0 Å². The molecule has 0 atom stereocenters. The lowest BCUT2D eigenvalue weighted by atomic mass is 10.3. The molecule has 1 aliphatic rings. The number of hydrogen-bond acceptors (Lipinski definition) is 6. The van der Waals surface area contributed by atoms with Gasteiger partial charge in [-0.1, -0.05) is 0 Å². The number of imide groups is 1. The molecule has 0 radical (unpaired) electrons. The third-order valence-electron chi connectivity index (χ3n) is 3.66. The second kappa shape index (κ2) is 8.13. The smallest absolute Gasteiger partial charge is 0.294 e. The Morgan fingerprint density at radius 3 is 2.59 bits per heavy atom. The summed E-state index contributed by atoms with van der Waals surface area (Å²) in [6.45, 7) is 3.87. The summed E-state index contributed by atoms with van der Waals surface area (Å²) in [6.07, 6.45) is 1.50. The van der Waals surface area contributed by atoms with Crippen LogP contribution >= 0.6 is 11.8 Å². The van der Waals surface area contributed by atoms with Crippen LogP contribution in [-0.2, 0) is 9.59 Å². The fraction of sp³-hybridized carbons (Fsp3) is 0.211. The maximum Gasteiger partial charge on any atom is 0.294 e. The van der Waals surface area contributed by atoms with Crippen molar-refractivity contribution < 1.29 is 23.5 Å². The summed E-state index contributed by atoms with van der Waals surface area (Å²) in [5, 5.41) is 2.17. The van der Waals surface area contributed by atoms with Gasteiger partial charge in [0.1, 0.15) is 23.8 Å². The van der Waals surface area contributed by atoms with Crippen LogP contribution in [0, 0.1) is 6.92 Å². The molecule has 1 aromatic carbocycles. The van der Waals surface area contributed by atoms with Gasteiger partial charge in [0, 0.05) is 11.8 Å². The standard InChI is InChI=1S/C19H18N2O5S/c1-3-25-14-8-5-13(6-9-14)20-17(22)11-21-18(23)16(27-19(21)24)10-15-7-4-12(2)26-15/h4-10H,3,11H2,1-2H3,(H,20,22)/b16-10+. The molecule has 1 saturated heterocycles. The molecule has 0 aliphatic carbocycles. The summed E-state index contributed by atoms with van der Waals surface area (Å²) in [7, 11) is 0. The molecule has 2 aromatic rings. The maximum atomic E-state index is 12.4. The predicted octanol–water partition coefficient (Wildman–Crippen LogP) is 3.66. The van der Waals surface area contributed by atoms with Crippen LogP contribution in [-0.4, -0.2) is 35.1 Å². The van der Waals surface area contributed by atoms with Crippen molar-refractivity contribution in [1.82, 2.24) is 4.90 Å². The van der Waals surface area contributed by atoms with Crippen molar-refractivity contribution in [3.8, 4) is 5.75 Å². The van der Waals surface area contributed by atoms with E-state index in [-0.39, 0.29) is 11.4 Å². The molecule has 1 aromatic heterocycles. The largest absolute Gasteiger partial charge is 0.494 e. The number of benzene rings is 1. The van der Waals surface area contributed by atoms with E-state index in [9.17, 15) is 14.4 Å². The quantitative estimate of drug-likeness (QED) is 0.762. The Morgan fingerprint density at radius 2 is 1.96 bits per heavy atom. The first kappa shape index (κ1) is 18.8. The van der Waals surface area contributed by atoms with E-state index >= 15 is 0 Å². The van der Waals surface area contributed by atoms with Gasteiger partial charge in [-0.3, -0.25) is 19.3 Å². The first-order valence-corrected chi connectivity index (χ1v) is 9.12. The van der Waals surface area contributed by atoms with Gasteiger partial charge in [-0.15, -0.1) is 0 Å². The lowest BCUT2D eigenvalue weighted by Crippen LogP contribution is -2.36. The molecule has 8 heteroatoms. The summed E-state index contributed by atoms with van der Waals surface area (Å²) in [4.78, 5) is 37.8. The number of ether oxygens (including phenoxy) is 1. The van der Waals surface area contributed by atoms with Crippen LogP contribution in [0.15, 0.2) is 45.7 Å². The van der Waals surface area contributed by atoms with Crippen LogP contribution < -0.4 is 10.1 Å².